The molecule has 8 heteroatoms. The molecule has 1 saturated heterocycles. The molecule has 1 fully saturated rings. The minimum atomic E-state index is -0.487. The Kier molecular flexibility index (Phi) is 4.95. The van der Waals surface area contributed by atoms with Gasteiger partial charge in [0.25, 0.3) is 0 Å². The molecular weight excluding hydrogens is 306 g/mol. The van der Waals surface area contributed by atoms with Crippen molar-refractivity contribution in [2.45, 2.75) is 45.3 Å². The van der Waals surface area contributed by atoms with E-state index >= 15 is 0 Å². The third-order valence-corrected chi connectivity index (χ3v) is 3.51. The fourth-order valence-corrected chi connectivity index (χ4v) is 2.50. The van der Waals surface area contributed by atoms with Gasteiger partial charge in [-0.25, -0.2) is 4.79 Å². The van der Waals surface area contributed by atoms with Gasteiger partial charge in [-0.1, -0.05) is 11.6 Å². The lowest BCUT2D eigenvalue weighted by atomic mass is 10.0. The van der Waals surface area contributed by atoms with Gasteiger partial charge in [0.15, 0.2) is 11.0 Å². The van der Waals surface area contributed by atoms with E-state index in [1.165, 1.54) is 0 Å². The quantitative estimate of drug-likeness (QED) is 0.865. The van der Waals surface area contributed by atoms with Crippen molar-refractivity contribution in [3.05, 3.63) is 11.2 Å². The number of nitrogens with two attached hydrogens (primary N) is 1. The van der Waals surface area contributed by atoms with Crippen LogP contribution in [0.4, 0.5) is 16.3 Å². The highest BCUT2D eigenvalue weighted by Crippen LogP contribution is 2.26. The van der Waals surface area contributed by atoms with Gasteiger partial charge in [0, 0.05) is 25.2 Å². The normalized spacial score (nSPS) is 16.5. The summed E-state index contributed by atoms with van der Waals surface area (Å²) in [6.07, 6.45) is 1.23. The van der Waals surface area contributed by atoms with Gasteiger partial charge in [-0.3, -0.25) is 0 Å². The molecule has 7 nitrogen and oxygen atoms in total. The summed E-state index contributed by atoms with van der Waals surface area (Å²) in [7, 11) is 0. The van der Waals surface area contributed by atoms with Crippen molar-refractivity contribution in [3.8, 4) is 0 Å². The molecule has 0 bridgehead atoms. The molecule has 0 aliphatic carbocycles. The second-order valence-corrected chi connectivity index (χ2v) is 6.73. The molecule has 1 aromatic heterocycles. The lowest BCUT2D eigenvalue weighted by Crippen LogP contribution is -2.46. The number of carbonyl (C=O) groups excluding carboxylic acids is 1. The van der Waals surface area contributed by atoms with Gasteiger partial charge in [-0.15, -0.1) is 10.2 Å². The Bertz CT molecular complexity index is 539. The number of piperidine rings is 1. The van der Waals surface area contributed by atoms with Gasteiger partial charge in [-0.2, -0.15) is 0 Å². The van der Waals surface area contributed by atoms with Gasteiger partial charge in [0.2, 0.25) is 0 Å². The van der Waals surface area contributed by atoms with Gasteiger partial charge >= 0.3 is 6.09 Å². The number of nitrogens with one attached hydrogen (secondary N) is 1. The molecule has 0 spiro atoms. The molecule has 0 atom stereocenters. The Morgan fingerprint density at radius 1 is 1.41 bits per heavy atom. The molecular formula is C14H22ClN5O2. The molecule has 1 amide bonds. The average Bonchev–Trinajstić information content (AvgIpc) is 2.40. The number of anilines is 2. The van der Waals surface area contributed by atoms with E-state index in [2.05, 4.69) is 20.4 Å². The van der Waals surface area contributed by atoms with Crippen LogP contribution < -0.4 is 16.0 Å². The largest absolute Gasteiger partial charge is 0.444 e. The topological polar surface area (TPSA) is 93.4 Å². The number of nitrogens with zero attached hydrogens (tertiary/aromatic N) is 3. The number of carbonyl (C=O) groups is 1. The monoisotopic (exact) mass is 327 g/mol. The molecule has 1 aliphatic rings. The standard InChI is InChI=1S/C14H22ClN5O2/c1-14(2,3)22-13(21)17-9-4-6-20(7-5-9)10-8-11(15)18-19-12(10)16/h8-9H,4-7H2,1-3H3,(H2,16,19)(H,17,21). The van der Waals surface area contributed by atoms with Crippen molar-refractivity contribution in [1.82, 2.24) is 15.5 Å². The Morgan fingerprint density at radius 2 is 2.05 bits per heavy atom. The Hall–Kier alpha value is -1.76. The molecule has 0 unspecified atom stereocenters. The predicted octanol–water partition coefficient (Wildman–Crippen LogP) is 2.21. The van der Waals surface area contributed by atoms with Gasteiger partial charge in [0.05, 0.1) is 5.69 Å². The molecule has 0 radical (unpaired) electrons. The van der Waals surface area contributed by atoms with Crippen LogP contribution in [0.3, 0.4) is 0 Å². The zero-order valence-electron chi connectivity index (χ0n) is 13.1. The van der Waals surface area contributed by atoms with Crippen LogP contribution in [-0.4, -0.2) is 41.0 Å². The second kappa shape index (κ2) is 6.56. The summed E-state index contributed by atoms with van der Waals surface area (Å²) in [6, 6.07) is 1.81. The van der Waals surface area contributed by atoms with Crippen LogP contribution in [0.25, 0.3) is 0 Å². The Morgan fingerprint density at radius 3 is 2.64 bits per heavy atom. The van der Waals surface area contributed by atoms with Crippen LogP contribution in [0.15, 0.2) is 6.07 Å². The molecule has 2 rings (SSSR count). The molecule has 0 saturated carbocycles. The van der Waals surface area contributed by atoms with E-state index in [4.69, 9.17) is 22.1 Å². The first-order valence-corrected chi connectivity index (χ1v) is 7.65. The number of nitrogen functional groups attached to an aromatic ring is 1. The highest BCUT2D eigenvalue weighted by molar-refractivity contribution is 6.29. The molecule has 3 N–H and O–H groups in total. The van der Waals surface area contributed by atoms with Gasteiger partial charge in [0.1, 0.15) is 5.60 Å². The number of aromatic nitrogens is 2. The molecule has 22 heavy (non-hydrogen) atoms. The molecule has 1 aliphatic heterocycles. The number of halogens is 1. The van der Waals surface area contributed by atoms with E-state index in [-0.39, 0.29) is 12.1 Å². The third-order valence-electron chi connectivity index (χ3n) is 3.33. The van der Waals surface area contributed by atoms with Crippen LogP contribution in [-0.2, 0) is 4.74 Å². The van der Waals surface area contributed by atoms with Crippen molar-refractivity contribution in [1.29, 1.82) is 0 Å². The van der Waals surface area contributed by atoms with Crippen molar-refractivity contribution < 1.29 is 9.53 Å². The zero-order valence-corrected chi connectivity index (χ0v) is 13.9. The van der Waals surface area contributed by atoms with Crippen molar-refractivity contribution in [2.24, 2.45) is 0 Å². The summed E-state index contributed by atoms with van der Waals surface area (Å²) in [5.41, 5.74) is 6.14. The summed E-state index contributed by atoms with van der Waals surface area (Å²) in [4.78, 5) is 13.9. The number of alkyl carbamates (subject to hydrolysis) is 1. The van der Waals surface area contributed by atoms with Crippen LogP contribution in [0.2, 0.25) is 5.15 Å². The van der Waals surface area contributed by atoms with E-state index in [0.29, 0.717) is 11.0 Å². The van der Waals surface area contributed by atoms with E-state index in [1.807, 2.05) is 20.8 Å². The maximum absolute atomic E-state index is 11.8. The highest BCUT2D eigenvalue weighted by atomic mass is 35.5. The van der Waals surface area contributed by atoms with Crippen LogP contribution in [0.5, 0.6) is 0 Å². The summed E-state index contributed by atoms with van der Waals surface area (Å²) in [5.74, 6) is 0.364. The van der Waals surface area contributed by atoms with Crippen LogP contribution >= 0.6 is 11.6 Å². The van der Waals surface area contributed by atoms with E-state index in [0.717, 1.165) is 31.6 Å². The van der Waals surface area contributed by atoms with Crippen molar-refractivity contribution >= 4 is 29.2 Å². The van der Waals surface area contributed by atoms with Crippen molar-refractivity contribution in [3.63, 3.8) is 0 Å². The number of rotatable bonds is 2. The van der Waals surface area contributed by atoms with Gasteiger partial charge in [-0.05, 0) is 33.6 Å². The SMILES string of the molecule is CC(C)(C)OC(=O)NC1CCN(c2cc(Cl)nnc2N)CC1. The van der Waals surface area contributed by atoms with E-state index in [9.17, 15) is 4.79 Å². The predicted molar refractivity (Wildman–Crippen MR) is 86.1 cm³/mol. The maximum Gasteiger partial charge on any atom is 0.407 e. The molecule has 0 aromatic carbocycles. The maximum atomic E-state index is 11.8. The lowest BCUT2D eigenvalue weighted by molar-refractivity contribution is 0.0497. The first-order chi connectivity index (χ1) is 10.2. The van der Waals surface area contributed by atoms with E-state index < -0.39 is 5.60 Å². The smallest absolute Gasteiger partial charge is 0.407 e. The first-order valence-electron chi connectivity index (χ1n) is 7.28. The molecule has 2 heterocycles. The zero-order chi connectivity index (χ0) is 16.3. The number of ether oxygens (including phenoxy) is 1. The minimum absolute atomic E-state index is 0.0950. The minimum Gasteiger partial charge on any atom is -0.444 e. The fourth-order valence-electron chi connectivity index (χ4n) is 2.36. The summed E-state index contributed by atoms with van der Waals surface area (Å²) in [6.45, 7) is 7.05. The first kappa shape index (κ1) is 16.6. The highest BCUT2D eigenvalue weighted by Gasteiger charge is 2.24. The number of amides is 1. The molecule has 122 valence electrons. The Labute approximate surface area is 135 Å². The van der Waals surface area contributed by atoms with Crippen LogP contribution in [0.1, 0.15) is 33.6 Å². The van der Waals surface area contributed by atoms with Gasteiger partial charge < -0.3 is 20.7 Å². The summed E-state index contributed by atoms with van der Waals surface area (Å²) < 4.78 is 5.27. The number of hydrogen-bond donors (Lipinski definition) is 2. The fraction of sp³-hybridized carbons (Fsp3) is 0.643. The lowest BCUT2D eigenvalue weighted by Gasteiger charge is -2.34. The molecule has 1 aromatic rings. The van der Waals surface area contributed by atoms with Crippen LogP contribution in [0, 0.1) is 0 Å². The number of hydrogen-bond acceptors (Lipinski definition) is 6. The summed E-state index contributed by atoms with van der Waals surface area (Å²) in [5, 5.41) is 10.8. The second-order valence-electron chi connectivity index (χ2n) is 6.35. The van der Waals surface area contributed by atoms with Crippen molar-refractivity contribution in [2.75, 3.05) is 23.7 Å². The summed E-state index contributed by atoms with van der Waals surface area (Å²) >= 11 is 5.87. The van der Waals surface area contributed by atoms with E-state index in [1.54, 1.807) is 6.07 Å². The average molecular weight is 328 g/mol. The Balaban J connectivity index is 1.88. The third kappa shape index (κ3) is 4.62.